The monoisotopic (exact) mass is 454 g/mol. The summed E-state index contributed by atoms with van der Waals surface area (Å²) in [6.45, 7) is 1.23. The Morgan fingerprint density at radius 2 is 1.23 bits per heavy atom. The average molecular weight is 455 g/mol. The average Bonchev–Trinajstić information content (AvgIpc) is 2.77. The van der Waals surface area contributed by atoms with Crippen LogP contribution in [0.1, 0.15) is 45.4 Å². The molecule has 0 aliphatic carbocycles. The van der Waals surface area contributed by atoms with Crippen LogP contribution in [0.3, 0.4) is 0 Å². The van der Waals surface area contributed by atoms with Crippen LogP contribution in [0.4, 0.5) is 0 Å². The lowest BCUT2D eigenvalue weighted by Crippen LogP contribution is -2.64. The Hall–Kier alpha value is -0.440. The van der Waals surface area contributed by atoms with Crippen molar-refractivity contribution >= 4 is 0 Å². The first-order valence-electron chi connectivity index (χ1n) is 11.1. The van der Waals surface area contributed by atoms with E-state index in [0.29, 0.717) is 6.61 Å². The Bertz CT molecular complexity index is 492. The van der Waals surface area contributed by atoms with Crippen LogP contribution in [0, 0.1) is 0 Å². The van der Waals surface area contributed by atoms with Gasteiger partial charge in [-0.1, -0.05) is 39.0 Å². The Kier molecular flexibility index (Phi) is 11.5. The lowest BCUT2D eigenvalue weighted by Gasteiger charge is -2.45. The van der Waals surface area contributed by atoms with E-state index in [9.17, 15) is 35.7 Å². The maximum atomic E-state index is 10.5. The largest absolute Gasteiger partial charge is 0.394 e. The van der Waals surface area contributed by atoms with Crippen molar-refractivity contribution in [1.82, 2.24) is 0 Å². The van der Waals surface area contributed by atoms with Gasteiger partial charge in [0.15, 0.2) is 12.6 Å². The van der Waals surface area contributed by atoms with Crippen molar-refractivity contribution in [3.8, 4) is 0 Å². The van der Waals surface area contributed by atoms with E-state index in [1.165, 1.54) is 6.42 Å². The lowest BCUT2D eigenvalue weighted by atomic mass is 9.97. The zero-order valence-corrected chi connectivity index (χ0v) is 17.9. The molecule has 0 aromatic heterocycles. The smallest absolute Gasteiger partial charge is 0.187 e. The summed E-state index contributed by atoms with van der Waals surface area (Å²) < 4.78 is 21.9. The molecule has 0 saturated carbocycles. The van der Waals surface area contributed by atoms with Crippen LogP contribution in [0.2, 0.25) is 0 Å². The summed E-state index contributed by atoms with van der Waals surface area (Å²) in [7, 11) is 0. The van der Waals surface area contributed by atoms with Gasteiger partial charge < -0.3 is 54.7 Å². The molecule has 0 bridgehead atoms. The molecule has 2 heterocycles. The van der Waals surface area contributed by atoms with Crippen molar-refractivity contribution in [2.75, 3.05) is 19.8 Å². The summed E-state index contributed by atoms with van der Waals surface area (Å²) >= 11 is 0. The second kappa shape index (κ2) is 13.3. The van der Waals surface area contributed by atoms with Gasteiger partial charge in [0, 0.05) is 6.61 Å². The van der Waals surface area contributed by atoms with E-state index in [-0.39, 0.29) is 0 Å². The van der Waals surface area contributed by atoms with Crippen molar-refractivity contribution < 1.29 is 54.7 Å². The van der Waals surface area contributed by atoms with Gasteiger partial charge in [-0.05, 0) is 6.42 Å². The van der Waals surface area contributed by atoms with Gasteiger partial charge in [-0.3, -0.25) is 0 Å². The zero-order chi connectivity index (χ0) is 23.0. The van der Waals surface area contributed by atoms with Crippen molar-refractivity contribution in [3.63, 3.8) is 0 Å². The highest BCUT2D eigenvalue weighted by Crippen LogP contribution is 2.29. The third kappa shape index (κ3) is 7.02. The maximum absolute atomic E-state index is 10.5. The quantitative estimate of drug-likeness (QED) is 0.162. The van der Waals surface area contributed by atoms with E-state index < -0.39 is 74.6 Å². The van der Waals surface area contributed by atoms with Gasteiger partial charge in [-0.25, -0.2) is 0 Å². The molecule has 7 N–H and O–H groups in total. The van der Waals surface area contributed by atoms with Crippen molar-refractivity contribution in [2.24, 2.45) is 0 Å². The highest BCUT2D eigenvalue weighted by molar-refractivity contribution is 4.94. The van der Waals surface area contributed by atoms with Gasteiger partial charge >= 0.3 is 0 Å². The number of rotatable bonds is 12. The van der Waals surface area contributed by atoms with E-state index in [1.54, 1.807) is 0 Å². The van der Waals surface area contributed by atoms with Crippen LogP contribution in [0.25, 0.3) is 0 Å². The van der Waals surface area contributed by atoms with E-state index in [4.69, 9.17) is 18.9 Å². The standard InChI is InChI=1S/C20H38O11/c1-2-3-4-5-6-7-8-28-19-17(27)15(25)18(12(10-22)30-19)31-20-16(26)14(24)13(23)11(9-21)29-20/h11-27H,2-10H2,1H3/t11?,12?,13?,14?,15?,16-,17-,18?,19+,20-/m0/s1. The molecular weight excluding hydrogens is 416 g/mol. The first-order valence-corrected chi connectivity index (χ1v) is 11.1. The van der Waals surface area contributed by atoms with Gasteiger partial charge in [0.25, 0.3) is 0 Å². The molecule has 0 spiro atoms. The van der Waals surface area contributed by atoms with Crippen LogP contribution in [0.5, 0.6) is 0 Å². The summed E-state index contributed by atoms with van der Waals surface area (Å²) in [4.78, 5) is 0. The molecule has 11 nitrogen and oxygen atoms in total. The molecule has 2 aliphatic heterocycles. The van der Waals surface area contributed by atoms with Crippen molar-refractivity contribution in [1.29, 1.82) is 0 Å². The molecule has 2 aliphatic rings. The summed E-state index contributed by atoms with van der Waals surface area (Å²) in [5.41, 5.74) is 0. The van der Waals surface area contributed by atoms with Gasteiger partial charge in [-0.15, -0.1) is 0 Å². The van der Waals surface area contributed by atoms with Gasteiger partial charge in [-0.2, -0.15) is 0 Å². The molecule has 6 unspecified atom stereocenters. The molecule has 2 fully saturated rings. The van der Waals surface area contributed by atoms with E-state index in [0.717, 1.165) is 32.1 Å². The normalized spacial score (nSPS) is 41.4. The topological polar surface area (TPSA) is 179 Å². The second-order valence-corrected chi connectivity index (χ2v) is 8.14. The molecule has 11 heteroatoms. The molecule has 0 radical (unpaired) electrons. The number of aliphatic hydroxyl groups is 7. The minimum Gasteiger partial charge on any atom is -0.394 e. The highest BCUT2D eigenvalue weighted by Gasteiger charge is 2.50. The summed E-state index contributed by atoms with van der Waals surface area (Å²) in [6.07, 6.45) is -7.98. The number of ether oxygens (including phenoxy) is 4. The summed E-state index contributed by atoms with van der Waals surface area (Å²) in [6, 6.07) is 0. The van der Waals surface area contributed by atoms with Gasteiger partial charge in [0.1, 0.15) is 48.8 Å². The molecule has 2 rings (SSSR count). The molecule has 2 saturated heterocycles. The number of aliphatic hydroxyl groups excluding tert-OH is 7. The Morgan fingerprint density at radius 3 is 1.87 bits per heavy atom. The summed E-state index contributed by atoms with van der Waals surface area (Å²) in [5, 5.41) is 69.7. The Balaban J connectivity index is 1.90. The molecule has 10 atom stereocenters. The molecule has 184 valence electrons. The number of hydrogen-bond donors (Lipinski definition) is 7. The fourth-order valence-electron chi connectivity index (χ4n) is 3.77. The van der Waals surface area contributed by atoms with E-state index >= 15 is 0 Å². The Morgan fingerprint density at radius 1 is 0.645 bits per heavy atom. The predicted molar refractivity (Wildman–Crippen MR) is 106 cm³/mol. The van der Waals surface area contributed by atoms with Crippen LogP contribution in [-0.2, 0) is 18.9 Å². The lowest BCUT2D eigenvalue weighted by molar-refractivity contribution is -0.359. The third-order valence-electron chi connectivity index (χ3n) is 5.74. The van der Waals surface area contributed by atoms with E-state index in [1.807, 2.05) is 0 Å². The summed E-state index contributed by atoms with van der Waals surface area (Å²) in [5.74, 6) is 0. The first-order chi connectivity index (χ1) is 14.8. The van der Waals surface area contributed by atoms with Crippen LogP contribution >= 0.6 is 0 Å². The van der Waals surface area contributed by atoms with Gasteiger partial charge in [0.05, 0.1) is 13.2 Å². The molecule has 31 heavy (non-hydrogen) atoms. The third-order valence-corrected chi connectivity index (χ3v) is 5.74. The van der Waals surface area contributed by atoms with Crippen LogP contribution in [-0.4, -0.2) is 117 Å². The fourth-order valence-corrected chi connectivity index (χ4v) is 3.77. The zero-order valence-electron chi connectivity index (χ0n) is 17.9. The maximum Gasteiger partial charge on any atom is 0.187 e. The minimum atomic E-state index is -1.69. The highest BCUT2D eigenvalue weighted by atomic mass is 16.7. The van der Waals surface area contributed by atoms with E-state index in [2.05, 4.69) is 6.92 Å². The molecule has 0 aromatic rings. The predicted octanol–water partition coefficient (Wildman–Crippen LogP) is -2.01. The van der Waals surface area contributed by atoms with Gasteiger partial charge in [0.2, 0.25) is 0 Å². The second-order valence-electron chi connectivity index (χ2n) is 8.14. The fraction of sp³-hybridized carbons (Fsp3) is 1.00. The number of hydrogen-bond acceptors (Lipinski definition) is 11. The molecular formula is C20H38O11. The molecule has 0 amide bonds. The SMILES string of the molecule is CCCCCCCCO[C@@H]1OC(CO)C(O[C@@H]2OC(CO)C(O)C(O)[C@@H]2O)C(O)[C@@H]1O. The molecule has 0 aromatic carbocycles. The van der Waals surface area contributed by atoms with Crippen LogP contribution in [0.15, 0.2) is 0 Å². The van der Waals surface area contributed by atoms with Crippen molar-refractivity contribution in [2.45, 2.75) is 107 Å². The van der Waals surface area contributed by atoms with Crippen LogP contribution < -0.4 is 0 Å². The Labute approximate surface area is 182 Å². The minimum absolute atomic E-state index is 0.316. The number of unbranched alkanes of at least 4 members (excludes halogenated alkanes) is 5. The first kappa shape index (κ1) is 26.8. The van der Waals surface area contributed by atoms with Crippen molar-refractivity contribution in [3.05, 3.63) is 0 Å².